The molecule has 0 radical (unpaired) electrons. The number of methoxy groups -OCH3 is 3. The first-order valence-corrected chi connectivity index (χ1v) is 13.6. The summed E-state index contributed by atoms with van der Waals surface area (Å²) < 4.78 is 15.7. The van der Waals surface area contributed by atoms with Crippen molar-refractivity contribution >= 4 is 11.8 Å². The molecule has 3 rings (SSSR count). The molecule has 2 aliphatic rings. The third-order valence-corrected chi connectivity index (χ3v) is 8.98. The Labute approximate surface area is 221 Å². The number of aliphatic hydroxyl groups excluding tert-OH is 1. The van der Waals surface area contributed by atoms with Crippen LogP contribution in [0.25, 0.3) is 0 Å². The van der Waals surface area contributed by atoms with Gasteiger partial charge in [-0.1, -0.05) is 26.8 Å². The van der Waals surface area contributed by atoms with Crippen molar-refractivity contribution in [3.05, 3.63) is 23.8 Å². The van der Waals surface area contributed by atoms with Gasteiger partial charge in [-0.25, -0.2) is 0 Å². The molecule has 2 aliphatic carbocycles. The topological polar surface area (TPSA) is 106 Å². The number of carbonyl (C=O) groups excluding carboxylic acids is 2. The lowest BCUT2D eigenvalue weighted by Crippen LogP contribution is -2.58. The summed E-state index contributed by atoms with van der Waals surface area (Å²) in [5.74, 6) is 1.07. The number of ether oxygens (including phenoxy) is 3. The van der Waals surface area contributed by atoms with Crippen LogP contribution >= 0.6 is 0 Å². The van der Waals surface area contributed by atoms with Crippen molar-refractivity contribution in [2.75, 3.05) is 34.5 Å². The highest BCUT2D eigenvalue weighted by Crippen LogP contribution is 2.55. The first kappa shape index (κ1) is 29.2. The molecule has 2 fully saturated rings. The predicted molar refractivity (Wildman–Crippen MR) is 143 cm³/mol. The molecule has 2 amide bonds. The van der Waals surface area contributed by atoms with Gasteiger partial charge in [-0.15, -0.1) is 0 Å². The maximum Gasteiger partial charge on any atom is 0.223 e. The summed E-state index contributed by atoms with van der Waals surface area (Å²) in [5.41, 5.74) is 1.07. The van der Waals surface area contributed by atoms with Crippen LogP contribution in [0.5, 0.6) is 11.5 Å². The zero-order valence-electron chi connectivity index (χ0n) is 23.3. The van der Waals surface area contributed by atoms with E-state index in [0.29, 0.717) is 37.5 Å². The van der Waals surface area contributed by atoms with E-state index in [4.69, 9.17) is 14.2 Å². The van der Waals surface area contributed by atoms with Gasteiger partial charge in [0.05, 0.1) is 26.9 Å². The number of aliphatic hydroxyl groups is 1. The number of hydrogen-bond donors (Lipinski definition) is 3. The Hall–Kier alpha value is -2.32. The van der Waals surface area contributed by atoms with Crippen molar-refractivity contribution in [1.29, 1.82) is 0 Å². The van der Waals surface area contributed by atoms with E-state index in [1.54, 1.807) is 21.3 Å². The molecule has 37 heavy (non-hydrogen) atoms. The van der Waals surface area contributed by atoms with Gasteiger partial charge in [0.15, 0.2) is 11.5 Å². The van der Waals surface area contributed by atoms with E-state index in [1.807, 2.05) is 25.1 Å². The molecule has 1 aromatic carbocycles. The van der Waals surface area contributed by atoms with Crippen LogP contribution < -0.4 is 20.1 Å². The maximum absolute atomic E-state index is 13.1. The molecule has 0 unspecified atom stereocenters. The smallest absolute Gasteiger partial charge is 0.223 e. The van der Waals surface area contributed by atoms with Gasteiger partial charge >= 0.3 is 0 Å². The molecule has 0 aromatic heterocycles. The number of hydrogen-bond acceptors (Lipinski definition) is 6. The Kier molecular flexibility index (Phi) is 10.2. The first-order chi connectivity index (χ1) is 17.6. The van der Waals surface area contributed by atoms with E-state index < -0.39 is 6.10 Å². The fraction of sp³-hybridized carbons (Fsp3) is 0.724. The molecule has 0 bridgehead atoms. The number of carbonyl (C=O) groups is 2. The molecule has 0 spiro atoms. The Morgan fingerprint density at radius 1 is 1.14 bits per heavy atom. The minimum absolute atomic E-state index is 0.00798. The Bertz CT molecular complexity index is 924. The lowest BCUT2D eigenvalue weighted by Gasteiger charge is -2.56. The van der Waals surface area contributed by atoms with E-state index >= 15 is 0 Å². The number of nitrogens with one attached hydrogen (secondary N) is 2. The van der Waals surface area contributed by atoms with Gasteiger partial charge in [-0.3, -0.25) is 9.59 Å². The molecule has 8 nitrogen and oxygen atoms in total. The van der Waals surface area contributed by atoms with E-state index in [2.05, 4.69) is 24.5 Å². The van der Waals surface area contributed by atoms with Crippen molar-refractivity contribution < 1.29 is 28.9 Å². The van der Waals surface area contributed by atoms with E-state index in [-0.39, 0.29) is 46.9 Å². The predicted octanol–water partition coefficient (Wildman–Crippen LogP) is 3.34. The van der Waals surface area contributed by atoms with Crippen molar-refractivity contribution in [3.63, 3.8) is 0 Å². The van der Waals surface area contributed by atoms with Gasteiger partial charge in [0.2, 0.25) is 11.8 Å². The van der Waals surface area contributed by atoms with E-state index in [1.165, 1.54) is 0 Å². The third kappa shape index (κ3) is 6.77. The summed E-state index contributed by atoms with van der Waals surface area (Å²) in [4.78, 5) is 25.4. The molecule has 2 saturated carbocycles. The lowest BCUT2D eigenvalue weighted by atomic mass is 9.51. The quantitative estimate of drug-likeness (QED) is 0.415. The van der Waals surface area contributed by atoms with Gasteiger partial charge in [-0.2, -0.15) is 0 Å². The molecule has 0 aliphatic heterocycles. The van der Waals surface area contributed by atoms with Crippen molar-refractivity contribution in [2.24, 2.45) is 29.1 Å². The van der Waals surface area contributed by atoms with E-state index in [9.17, 15) is 14.7 Å². The standard InChI is InChI=1S/C29H46N2O6/c1-18(28(34)30-15-11-20-7-8-23(36-5)24(17-20)37-6)21-9-13-29(3)14-10-22(19(2)26(29)27(21)33)31-25(32)12-16-35-4/h7-8,17-19,21-22,26-27,33H,9-16H2,1-6H3,(H,30,34)(H,31,32)/t18-,19+,21+,22-,26+,27-,29-/m0/s1. The zero-order valence-corrected chi connectivity index (χ0v) is 23.3. The van der Waals surface area contributed by atoms with Gasteiger partial charge in [-0.05, 0) is 73.0 Å². The van der Waals surface area contributed by atoms with Crippen molar-refractivity contribution in [1.82, 2.24) is 10.6 Å². The molecular weight excluding hydrogens is 472 g/mol. The van der Waals surface area contributed by atoms with E-state index in [0.717, 1.165) is 31.2 Å². The van der Waals surface area contributed by atoms with Crippen LogP contribution in [0.2, 0.25) is 0 Å². The van der Waals surface area contributed by atoms with Crippen molar-refractivity contribution in [3.8, 4) is 11.5 Å². The maximum atomic E-state index is 13.1. The normalized spacial score (nSPS) is 30.1. The van der Waals surface area contributed by atoms with Crippen LogP contribution in [0.3, 0.4) is 0 Å². The van der Waals surface area contributed by atoms with Gasteiger partial charge in [0.1, 0.15) is 0 Å². The average Bonchev–Trinajstić information content (AvgIpc) is 2.88. The molecule has 0 heterocycles. The summed E-state index contributed by atoms with van der Waals surface area (Å²) in [6.07, 6.45) is 4.12. The summed E-state index contributed by atoms with van der Waals surface area (Å²) in [7, 11) is 4.80. The van der Waals surface area contributed by atoms with Crippen LogP contribution in [-0.2, 0) is 20.7 Å². The summed E-state index contributed by atoms with van der Waals surface area (Å²) in [6.45, 7) is 7.25. The molecule has 7 atom stereocenters. The molecule has 3 N–H and O–H groups in total. The Morgan fingerprint density at radius 3 is 2.51 bits per heavy atom. The number of benzene rings is 1. The van der Waals surface area contributed by atoms with Crippen LogP contribution in [0, 0.1) is 29.1 Å². The molecule has 208 valence electrons. The third-order valence-electron chi connectivity index (χ3n) is 8.98. The van der Waals surface area contributed by atoms with Crippen LogP contribution in [0.15, 0.2) is 18.2 Å². The molecule has 8 heteroatoms. The fourth-order valence-corrected chi connectivity index (χ4v) is 6.69. The minimum atomic E-state index is -0.584. The molecular formula is C29H46N2O6. The monoisotopic (exact) mass is 518 g/mol. The molecule has 1 aromatic rings. The van der Waals surface area contributed by atoms with Gasteiger partial charge in [0.25, 0.3) is 0 Å². The molecule has 0 saturated heterocycles. The Balaban J connectivity index is 1.59. The first-order valence-electron chi connectivity index (χ1n) is 13.6. The second kappa shape index (κ2) is 13.0. The summed E-state index contributed by atoms with van der Waals surface area (Å²) in [5, 5.41) is 17.8. The SMILES string of the molecule is COCCC(=O)N[C@H]1CC[C@]2(C)CC[C@H]([C@H](C)C(=O)NCCc3ccc(OC)c(OC)c3)[C@H](O)[C@H]2[C@@H]1C. The largest absolute Gasteiger partial charge is 0.493 e. The Morgan fingerprint density at radius 2 is 1.84 bits per heavy atom. The second-order valence-electron chi connectivity index (χ2n) is 11.2. The van der Waals surface area contributed by atoms with Crippen LogP contribution in [0.1, 0.15) is 58.4 Å². The van der Waals surface area contributed by atoms with Crippen LogP contribution in [0.4, 0.5) is 0 Å². The minimum Gasteiger partial charge on any atom is -0.493 e. The fourth-order valence-electron chi connectivity index (χ4n) is 6.69. The highest BCUT2D eigenvalue weighted by molar-refractivity contribution is 5.78. The lowest BCUT2D eigenvalue weighted by molar-refractivity contribution is -0.143. The highest BCUT2D eigenvalue weighted by Gasteiger charge is 2.53. The van der Waals surface area contributed by atoms with Gasteiger partial charge < -0.3 is 30.0 Å². The number of fused-ring (bicyclic) bond motifs is 1. The number of amides is 2. The summed E-state index contributed by atoms with van der Waals surface area (Å²) >= 11 is 0. The summed E-state index contributed by atoms with van der Waals surface area (Å²) in [6, 6.07) is 5.79. The zero-order chi connectivity index (χ0) is 27.2. The number of rotatable bonds is 11. The highest BCUT2D eigenvalue weighted by atomic mass is 16.5. The second-order valence-corrected chi connectivity index (χ2v) is 11.2. The van der Waals surface area contributed by atoms with Crippen LogP contribution in [-0.4, -0.2) is 63.5 Å². The van der Waals surface area contributed by atoms with Gasteiger partial charge in [0, 0.05) is 32.0 Å². The van der Waals surface area contributed by atoms with Crippen molar-refractivity contribution in [2.45, 2.75) is 71.4 Å². The average molecular weight is 519 g/mol.